The van der Waals surface area contributed by atoms with Gasteiger partial charge in [-0.15, -0.1) is 0 Å². The number of halogens is 1. The molecule has 136 valence electrons. The largest absolute Gasteiger partial charge is 0.495 e. The van der Waals surface area contributed by atoms with Crippen LogP contribution in [0.2, 0.25) is 5.02 Å². The Hall–Kier alpha value is -1.51. The van der Waals surface area contributed by atoms with Crippen LogP contribution in [-0.4, -0.2) is 54.0 Å². The van der Waals surface area contributed by atoms with E-state index in [9.17, 15) is 13.2 Å². The van der Waals surface area contributed by atoms with Crippen molar-refractivity contribution in [3.8, 4) is 5.75 Å². The van der Waals surface area contributed by atoms with E-state index in [1.54, 1.807) is 6.07 Å². The molecule has 1 aromatic rings. The molecule has 0 fully saturated rings. The third-order valence-corrected chi connectivity index (χ3v) is 4.54. The van der Waals surface area contributed by atoms with Gasteiger partial charge in [0.05, 0.1) is 24.1 Å². The second-order valence-corrected chi connectivity index (χ2v) is 7.30. The van der Waals surface area contributed by atoms with Gasteiger partial charge in [0.2, 0.25) is 15.9 Å². The molecule has 1 aromatic carbocycles. The molecule has 1 rings (SSSR count). The van der Waals surface area contributed by atoms with Crippen molar-refractivity contribution in [2.45, 2.75) is 13.3 Å². The molecule has 0 heterocycles. The van der Waals surface area contributed by atoms with E-state index in [2.05, 4.69) is 5.32 Å². The van der Waals surface area contributed by atoms with E-state index in [-0.39, 0.29) is 11.6 Å². The number of rotatable bonds is 10. The number of amides is 1. The average Bonchev–Trinajstić information content (AvgIpc) is 2.51. The van der Waals surface area contributed by atoms with Crippen LogP contribution in [-0.2, 0) is 19.6 Å². The standard InChI is InChI=1S/C15H23ClN2O5S/c1-4-23-9-5-8-17-15(19)11-18(24(3,20)21)12-6-7-14(22-2)13(16)10-12/h6-7,10H,4-5,8-9,11H2,1-3H3,(H,17,19). The Kier molecular flexibility index (Phi) is 8.30. The molecule has 7 nitrogen and oxygen atoms in total. The number of ether oxygens (including phenoxy) is 2. The molecular weight excluding hydrogens is 356 g/mol. The number of methoxy groups -OCH3 is 1. The summed E-state index contributed by atoms with van der Waals surface area (Å²) in [6, 6.07) is 4.54. The maximum Gasteiger partial charge on any atom is 0.240 e. The molecule has 1 N–H and O–H groups in total. The molecule has 1 amide bonds. The summed E-state index contributed by atoms with van der Waals surface area (Å²) in [7, 11) is -2.18. The van der Waals surface area contributed by atoms with Crippen molar-refractivity contribution in [1.82, 2.24) is 5.32 Å². The summed E-state index contributed by atoms with van der Waals surface area (Å²) in [6.45, 7) is 3.15. The van der Waals surface area contributed by atoms with Crippen molar-refractivity contribution in [2.75, 3.05) is 44.0 Å². The van der Waals surface area contributed by atoms with Crippen molar-refractivity contribution < 1.29 is 22.7 Å². The third kappa shape index (κ3) is 6.54. The molecule has 0 aromatic heterocycles. The summed E-state index contributed by atoms with van der Waals surface area (Å²) in [6.07, 6.45) is 1.69. The van der Waals surface area contributed by atoms with Crippen LogP contribution in [0.5, 0.6) is 5.75 Å². The van der Waals surface area contributed by atoms with E-state index in [0.717, 1.165) is 10.6 Å². The van der Waals surface area contributed by atoms with Gasteiger partial charge >= 0.3 is 0 Å². The number of anilines is 1. The predicted octanol–water partition coefficient (Wildman–Crippen LogP) is 1.66. The lowest BCUT2D eigenvalue weighted by molar-refractivity contribution is -0.119. The van der Waals surface area contributed by atoms with Crippen molar-refractivity contribution in [1.29, 1.82) is 0 Å². The van der Waals surface area contributed by atoms with Crippen molar-refractivity contribution >= 4 is 33.2 Å². The molecule has 0 atom stereocenters. The fraction of sp³-hybridized carbons (Fsp3) is 0.533. The van der Waals surface area contributed by atoms with Gasteiger partial charge in [0.1, 0.15) is 12.3 Å². The Morgan fingerprint density at radius 2 is 2.08 bits per heavy atom. The van der Waals surface area contributed by atoms with Gasteiger partial charge in [-0.2, -0.15) is 0 Å². The van der Waals surface area contributed by atoms with Crippen LogP contribution >= 0.6 is 11.6 Å². The van der Waals surface area contributed by atoms with Gasteiger partial charge in [-0.1, -0.05) is 11.6 Å². The maximum absolute atomic E-state index is 12.0. The normalized spacial score (nSPS) is 11.2. The molecule has 0 aliphatic rings. The first-order valence-electron chi connectivity index (χ1n) is 7.45. The van der Waals surface area contributed by atoms with Gasteiger partial charge in [0.25, 0.3) is 0 Å². The van der Waals surface area contributed by atoms with Gasteiger partial charge in [0.15, 0.2) is 0 Å². The third-order valence-electron chi connectivity index (χ3n) is 3.10. The molecule has 0 saturated carbocycles. The molecule has 0 aliphatic heterocycles. The quantitative estimate of drug-likeness (QED) is 0.626. The zero-order valence-electron chi connectivity index (χ0n) is 14.0. The molecule has 0 radical (unpaired) electrons. The molecular formula is C15H23ClN2O5S. The Labute approximate surface area is 147 Å². The number of carbonyl (C=O) groups is 1. The van der Waals surface area contributed by atoms with Gasteiger partial charge in [-0.25, -0.2) is 8.42 Å². The number of hydrogen-bond acceptors (Lipinski definition) is 5. The molecule has 0 bridgehead atoms. The van der Waals surface area contributed by atoms with Crippen molar-refractivity contribution in [3.05, 3.63) is 23.2 Å². The monoisotopic (exact) mass is 378 g/mol. The zero-order valence-corrected chi connectivity index (χ0v) is 15.6. The maximum atomic E-state index is 12.0. The summed E-state index contributed by atoms with van der Waals surface area (Å²) < 4.78 is 35.2. The lowest BCUT2D eigenvalue weighted by atomic mass is 10.3. The first-order chi connectivity index (χ1) is 11.3. The topological polar surface area (TPSA) is 84.9 Å². The van der Waals surface area contributed by atoms with E-state index >= 15 is 0 Å². The summed E-state index contributed by atoms with van der Waals surface area (Å²) in [5, 5.41) is 2.93. The van der Waals surface area contributed by atoms with Crippen LogP contribution in [0.15, 0.2) is 18.2 Å². The first kappa shape index (κ1) is 20.5. The van der Waals surface area contributed by atoms with Crippen LogP contribution in [0, 0.1) is 0 Å². The van der Waals surface area contributed by atoms with Gasteiger partial charge in [-0.3, -0.25) is 9.10 Å². The molecule has 0 spiro atoms. The highest BCUT2D eigenvalue weighted by atomic mass is 35.5. The van der Waals surface area contributed by atoms with E-state index < -0.39 is 15.9 Å². The highest BCUT2D eigenvalue weighted by Gasteiger charge is 2.21. The fourth-order valence-electron chi connectivity index (χ4n) is 1.94. The van der Waals surface area contributed by atoms with Crippen LogP contribution in [0.3, 0.4) is 0 Å². The van der Waals surface area contributed by atoms with Gasteiger partial charge in [-0.05, 0) is 31.5 Å². The van der Waals surface area contributed by atoms with E-state index in [1.807, 2.05) is 6.92 Å². The summed E-state index contributed by atoms with van der Waals surface area (Å²) >= 11 is 6.03. The van der Waals surface area contributed by atoms with E-state index in [0.29, 0.717) is 37.6 Å². The van der Waals surface area contributed by atoms with Crippen LogP contribution < -0.4 is 14.4 Å². The molecule has 9 heteroatoms. The van der Waals surface area contributed by atoms with Gasteiger partial charge in [0, 0.05) is 19.8 Å². The van der Waals surface area contributed by atoms with E-state index in [1.165, 1.54) is 19.2 Å². The highest BCUT2D eigenvalue weighted by molar-refractivity contribution is 7.92. The zero-order chi connectivity index (χ0) is 18.2. The Bertz CT molecular complexity index is 651. The summed E-state index contributed by atoms with van der Waals surface area (Å²) in [4.78, 5) is 12.0. The number of hydrogen-bond donors (Lipinski definition) is 1. The van der Waals surface area contributed by atoms with Crippen LogP contribution in [0.1, 0.15) is 13.3 Å². The predicted molar refractivity (Wildman–Crippen MR) is 94.3 cm³/mol. The Morgan fingerprint density at radius 1 is 1.38 bits per heavy atom. The second kappa shape index (κ2) is 9.71. The fourth-order valence-corrected chi connectivity index (χ4v) is 3.04. The number of sulfonamides is 1. The van der Waals surface area contributed by atoms with Crippen molar-refractivity contribution in [3.63, 3.8) is 0 Å². The SMILES string of the molecule is CCOCCCNC(=O)CN(c1ccc(OC)c(Cl)c1)S(C)(=O)=O. The van der Waals surface area contributed by atoms with Crippen LogP contribution in [0.4, 0.5) is 5.69 Å². The number of benzene rings is 1. The smallest absolute Gasteiger partial charge is 0.240 e. The number of nitrogens with one attached hydrogen (secondary N) is 1. The molecule has 0 saturated heterocycles. The Morgan fingerprint density at radius 3 is 2.62 bits per heavy atom. The van der Waals surface area contributed by atoms with E-state index in [4.69, 9.17) is 21.1 Å². The first-order valence-corrected chi connectivity index (χ1v) is 9.68. The molecule has 0 unspecified atom stereocenters. The minimum absolute atomic E-state index is 0.265. The lowest BCUT2D eigenvalue weighted by Crippen LogP contribution is -2.40. The summed E-state index contributed by atoms with van der Waals surface area (Å²) in [5.41, 5.74) is 0.299. The van der Waals surface area contributed by atoms with Gasteiger partial charge < -0.3 is 14.8 Å². The van der Waals surface area contributed by atoms with Crippen molar-refractivity contribution in [2.24, 2.45) is 0 Å². The highest BCUT2D eigenvalue weighted by Crippen LogP contribution is 2.30. The minimum atomic E-state index is -3.64. The number of carbonyl (C=O) groups excluding carboxylic acids is 1. The Balaban J connectivity index is 2.77. The molecule has 0 aliphatic carbocycles. The average molecular weight is 379 g/mol. The summed E-state index contributed by atoms with van der Waals surface area (Å²) in [5.74, 6) is 0.0260. The lowest BCUT2D eigenvalue weighted by Gasteiger charge is -2.22. The minimum Gasteiger partial charge on any atom is -0.495 e. The molecule has 24 heavy (non-hydrogen) atoms. The van der Waals surface area contributed by atoms with Crippen LogP contribution in [0.25, 0.3) is 0 Å². The number of nitrogens with zero attached hydrogens (tertiary/aromatic N) is 1. The second-order valence-electron chi connectivity index (χ2n) is 4.99.